The predicted molar refractivity (Wildman–Crippen MR) is 123 cm³/mol. The lowest BCUT2D eigenvalue weighted by molar-refractivity contribution is 0.00411. The van der Waals surface area contributed by atoms with Gasteiger partial charge in [-0.05, 0) is 55.5 Å². The van der Waals surface area contributed by atoms with Crippen LogP contribution in [0.3, 0.4) is 0 Å². The second kappa shape index (κ2) is 8.32. The number of nitrogens with zero attached hydrogens (tertiary/aromatic N) is 5. The molecule has 1 amide bonds. The average molecular weight is 489 g/mol. The summed E-state index contributed by atoms with van der Waals surface area (Å²) in [4.78, 5) is 24.9. The molecule has 2 fully saturated rings. The maximum Gasteiger partial charge on any atom is 0.410 e. The first kappa shape index (κ1) is 21.9. The van der Waals surface area contributed by atoms with Gasteiger partial charge in [-0.3, -0.25) is 4.90 Å². The number of halogens is 1. The van der Waals surface area contributed by atoms with Crippen LogP contribution in [0, 0.1) is 17.8 Å². The summed E-state index contributed by atoms with van der Waals surface area (Å²) >= 11 is 3.62. The molecule has 9 heteroatoms. The summed E-state index contributed by atoms with van der Waals surface area (Å²) in [7, 11) is 1.94. The molecule has 2 aromatic rings. The highest BCUT2D eigenvalue weighted by atomic mass is 79.9. The van der Waals surface area contributed by atoms with Gasteiger partial charge >= 0.3 is 6.09 Å². The molecule has 0 unspecified atom stereocenters. The van der Waals surface area contributed by atoms with Crippen molar-refractivity contribution < 1.29 is 9.53 Å². The number of piperidine rings is 1. The summed E-state index contributed by atoms with van der Waals surface area (Å²) in [5, 5.41) is 0.807. The van der Waals surface area contributed by atoms with E-state index in [1.54, 1.807) is 0 Å². The second-order valence-corrected chi connectivity index (χ2v) is 10.1. The molecule has 2 saturated heterocycles. The zero-order valence-electron chi connectivity index (χ0n) is 18.5. The van der Waals surface area contributed by atoms with Crippen LogP contribution >= 0.6 is 15.9 Å². The van der Waals surface area contributed by atoms with Crippen molar-refractivity contribution in [2.75, 3.05) is 31.9 Å². The number of rotatable bonds is 1. The highest BCUT2D eigenvalue weighted by Gasteiger charge is 2.35. The summed E-state index contributed by atoms with van der Waals surface area (Å²) in [5.41, 5.74) is 7.20. The van der Waals surface area contributed by atoms with Crippen LogP contribution < -0.4 is 5.73 Å². The van der Waals surface area contributed by atoms with E-state index >= 15 is 0 Å². The first-order valence-electron chi connectivity index (χ1n) is 10.6. The zero-order valence-corrected chi connectivity index (χ0v) is 20.1. The van der Waals surface area contributed by atoms with E-state index in [-0.39, 0.29) is 6.09 Å². The van der Waals surface area contributed by atoms with E-state index < -0.39 is 5.60 Å². The molecular weight excluding hydrogens is 460 g/mol. The van der Waals surface area contributed by atoms with E-state index in [2.05, 4.69) is 42.6 Å². The van der Waals surface area contributed by atoms with Gasteiger partial charge in [-0.2, -0.15) is 0 Å². The molecule has 0 atom stereocenters. The minimum Gasteiger partial charge on any atom is -0.444 e. The van der Waals surface area contributed by atoms with E-state index in [0.717, 1.165) is 60.2 Å². The van der Waals surface area contributed by atoms with E-state index in [1.807, 2.05) is 37.3 Å². The SMILES string of the molecule is Cn1c(C#CC2CN(C3CCN(C(=O)OC(C)(C)C)CC3)C2)c(Br)c2c(N)ncnc21. The fourth-order valence-electron chi connectivity index (χ4n) is 4.18. The normalized spacial score (nSPS) is 18.5. The number of hydrogen-bond donors (Lipinski definition) is 1. The third-order valence-corrected chi connectivity index (χ3v) is 6.65. The number of ether oxygens (including phenoxy) is 1. The Balaban J connectivity index is 1.32. The standard InChI is InChI=1S/C22H29BrN6O2/c1-22(2,3)31-21(30)28-9-7-15(8-10-28)29-11-14(12-29)5-6-16-18(23)17-19(24)25-13-26-20(17)27(16)4/h13-15H,7-12H2,1-4H3,(H2,24,25,26). The van der Waals surface area contributed by atoms with E-state index in [0.29, 0.717) is 17.8 Å². The number of aromatic nitrogens is 3. The van der Waals surface area contributed by atoms with Crippen LogP contribution in [0.25, 0.3) is 11.0 Å². The lowest BCUT2D eigenvalue weighted by atomic mass is 9.93. The largest absolute Gasteiger partial charge is 0.444 e. The summed E-state index contributed by atoms with van der Waals surface area (Å²) < 4.78 is 8.29. The molecule has 4 heterocycles. The Labute approximate surface area is 191 Å². The van der Waals surface area contributed by atoms with Crippen molar-refractivity contribution in [1.29, 1.82) is 0 Å². The molecule has 2 aliphatic rings. The van der Waals surface area contributed by atoms with Crippen molar-refractivity contribution in [1.82, 2.24) is 24.3 Å². The molecule has 0 aromatic carbocycles. The highest BCUT2D eigenvalue weighted by molar-refractivity contribution is 9.10. The van der Waals surface area contributed by atoms with Crippen LogP contribution in [-0.2, 0) is 11.8 Å². The molecule has 2 aromatic heterocycles. The number of carbonyl (C=O) groups excluding carboxylic acids is 1. The minimum absolute atomic E-state index is 0.204. The van der Waals surface area contributed by atoms with Crippen molar-refractivity contribution in [3.8, 4) is 11.8 Å². The van der Waals surface area contributed by atoms with Crippen molar-refractivity contribution in [3.63, 3.8) is 0 Å². The highest BCUT2D eigenvalue weighted by Crippen LogP contribution is 2.32. The Bertz CT molecular complexity index is 1050. The zero-order chi connectivity index (χ0) is 22.3. The third kappa shape index (κ3) is 4.51. The van der Waals surface area contributed by atoms with E-state index in [1.165, 1.54) is 6.33 Å². The number of aryl methyl sites for hydroxylation is 1. The van der Waals surface area contributed by atoms with Gasteiger partial charge in [0, 0.05) is 45.2 Å². The summed E-state index contributed by atoms with van der Waals surface area (Å²) in [6.07, 6.45) is 3.22. The minimum atomic E-state index is -0.450. The fourth-order valence-corrected chi connectivity index (χ4v) is 4.92. The Morgan fingerprint density at radius 1 is 1.26 bits per heavy atom. The molecule has 166 valence electrons. The number of fused-ring (bicyclic) bond motifs is 1. The van der Waals surface area contributed by atoms with Crippen molar-refractivity contribution in [2.24, 2.45) is 13.0 Å². The smallest absolute Gasteiger partial charge is 0.410 e. The molecule has 0 bridgehead atoms. The van der Waals surface area contributed by atoms with E-state index in [4.69, 9.17) is 10.5 Å². The first-order chi connectivity index (χ1) is 14.6. The Morgan fingerprint density at radius 2 is 1.94 bits per heavy atom. The van der Waals surface area contributed by atoms with Crippen LogP contribution in [-0.4, -0.2) is 68.3 Å². The molecule has 2 aliphatic heterocycles. The number of nitrogen functional groups attached to an aromatic ring is 1. The molecular formula is C22H29BrN6O2. The van der Waals surface area contributed by atoms with Crippen LogP contribution in [0.4, 0.5) is 10.6 Å². The van der Waals surface area contributed by atoms with Gasteiger partial charge in [0.05, 0.1) is 9.86 Å². The van der Waals surface area contributed by atoms with Gasteiger partial charge < -0.3 is 19.9 Å². The predicted octanol–water partition coefficient (Wildman–Crippen LogP) is 3.00. The van der Waals surface area contributed by atoms with Gasteiger partial charge in [-0.1, -0.05) is 5.92 Å². The summed E-state index contributed by atoms with van der Waals surface area (Å²) in [6, 6.07) is 0.510. The van der Waals surface area contributed by atoms with Crippen molar-refractivity contribution >= 4 is 38.9 Å². The Morgan fingerprint density at radius 3 is 2.55 bits per heavy atom. The lowest BCUT2D eigenvalue weighted by Crippen LogP contribution is -2.55. The molecule has 4 rings (SSSR count). The number of anilines is 1. The first-order valence-corrected chi connectivity index (χ1v) is 11.4. The summed E-state index contributed by atoms with van der Waals surface area (Å²) in [5.74, 6) is 7.51. The van der Waals surface area contributed by atoms with Gasteiger partial charge in [0.1, 0.15) is 29.1 Å². The molecule has 2 N–H and O–H groups in total. The molecule has 0 saturated carbocycles. The lowest BCUT2D eigenvalue weighted by Gasteiger charge is -2.45. The van der Waals surface area contributed by atoms with Gasteiger partial charge in [-0.15, -0.1) is 0 Å². The second-order valence-electron chi connectivity index (χ2n) is 9.30. The number of nitrogens with two attached hydrogens (primary N) is 1. The van der Waals surface area contributed by atoms with Crippen LogP contribution in [0.2, 0.25) is 0 Å². The molecule has 0 radical (unpaired) electrons. The van der Waals surface area contributed by atoms with Gasteiger partial charge in [-0.25, -0.2) is 14.8 Å². The molecule has 8 nitrogen and oxygen atoms in total. The van der Waals surface area contributed by atoms with Gasteiger partial charge in [0.2, 0.25) is 0 Å². The maximum atomic E-state index is 12.2. The quantitative estimate of drug-likeness (QED) is 0.620. The number of carbonyl (C=O) groups is 1. The molecule has 0 spiro atoms. The van der Waals surface area contributed by atoms with Gasteiger partial charge in [0.15, 0.2) is 0 Å². The average Bonchev–Trinajstić information content (AvgIpc) is 2.91. The van der Waals surface area contributed by atoms with E-state index in [9.17, 15) is 4.79 Å². The molecule has 31 heavy (non-hydrogen) atoms. The number of hydrogen-bond acceptors (Lipinski definition) is 6. The fraction of sp³-hybridized carbons (Fsp3) is 0.591. The van der Waals surface area contributed by atoms with Crippen molar-refractivity contribution in [3.05, 3.63) is 16.5 Å². The van der Waals surface area contributed by atoms with Crippen LogP contribution in [0.5, 0.6) is 0 Å². The van der Waals surface area contributed by atoms with Gasteiger partial charge in [0.25, 0.3) is 0 Å². The van der Waals surface area contributed by atoms with Crippen molar-refractivity contribution in [2.45, 2.75) is 45.3 Å². The number of amides is 1. The molecule has 0 aliphatic carbocycles. The monoisotopic (exact) mass is 488 g/mol. The topological polar surface area (TPSA) is 89.5 Å². The maximum absolute atomic E-state index is 12.2. The van der Waals surface area contributed by atoms with Crippen LogP contribution in [0.1, 0.15) is 39.3 Å². The van der Waals surface area contributed by atoms with Crippen LogP contribution in [0.15, 0.2) is 10.8 Å². The Kier molecular flexibility index (Phi) is 5.88. The Hall–Kier alpha value is -2.31. The summed E-state index contributed by atoms with van der Waals surface area (Å²) in [6.45, 7) is 9.13. The third-order valence-electron chi connectivity index (χ3n) is 5.87. The number of likely N-dealkylation sites (tertiary alicyclic amines) is 2.